The summed E-state index contributed by atoms with van der Waals surface area (Å²) in [5.41, 5.74) is -4.98. The number of aromatic nitrogens is 3. The Morgan fingerprint density at radius 3 is 2.07 bits per heavy atom. The maximum Gasteiger partial charge on any atom is 0.416 e. The molecule has 0 aliphatic heterocycles. The van der Waals surface area contributed by atoms with E-state index in [0.29, 0.717) is 0 Å². The normalized spacial score (nSPS) is 12.1. The molecule has 0 amide bonds. The largest absolute Gasteiger partial charge is 0.440 e. The molecule has 0 unspecified atom stereocenters. The van der Waals surface area contributed by atoms with Crippen LogP contribution < -0.4 is 5.56 Å². The Morgan fingerprint density at radius 2 is 1.61 bits per heavy atom. The molecule has 0 saturated carbocycles. The van der Waals surface area contributed by atoms with Crippen molar-refractivity contribution in [3.63, 3.8) is 0 Å². The van der Waals surface area contributed by atoms with E-state index in [1.165, 1.54) is 6.92 Å². The third-order valence-corrected chi connectivity index (χ3v) is 4.07. The lowest BCUT2D eigenvalue weighted by Crippen LogP contribution is -2.28. The molecule has 1 aromatic carbocycles. The predicted octanol–water partition coefficient (Wildman–Crippen LogP) is 3.52. The lowest BCUT2D eigenvalue weighted by molar-refractivity contribution is -0.143. The van der Waals surface area contributed by atoms with Crippen LogP contribution in [0.5, 0.6) is 0 Å². The highest BCUT2D eigenvalue weighted by Gasteiger charge is 2.37. The van der Waals surface area contributed by atoms with Gasteiger partial charge in [0.1, 0.15) is 5.69 Å². The Hall–Kier alpha value is -2.57. The van der Waals surface area contributed by atoms with Gasteiger partial charge in [-0.3, -0.25) is 4.79 Å². The molecule has 0 aliphatic rings. The standard InChI is InChI=1S/C15H11F6N3O3S/c1-7-11(25)24(13(28-2)23-22-7)6-27-12(26)8-3-9(14(16,17)18)5-10(4-8)15(19,20)21/h3-5H,6H2,1-2H3. The van der Waals surface area contributed by atoms with E-state index in [4.69, 9.17) is 4.74 Å². The van der Waals surface area contributed by atoms with Crippen molar-refractivity contribution in [2.45, 2.75) is 31.2 Å². The van der Waals surface area contributed by atoms with Crippen LogP contribution in [-0.2, 0) is 23.8 Å². The van der Waals surface area contributed by atoms with Gasteiger partial charge in [0, 0.05) is 0 Å². The number of aryl methyl sites for hydroxylation is 1. The van der Waals surface area contributed by atoms with E-state index >= 15 is 0 Å². The number of carbonyl (C=O) groups is 1. The van der Waals surface area contributed by atoms with Crippen molar-refractivity contribution in [1.29, 1.82) is 0 Å². The van der Waals surface area contributed by atoms with Crippen molar-refractivity contribution in [1.82, 2.24) is 14.8 Å². The maximum absolute atomic E-state index is 12.9. The predicted molar refractivity (Wildman–Crippen MR) is 84.7 cm³/mol. The van der Waals surface area contributed by atoms with Crippen LogP contribution in [0, 0.1) is 6.92 Å². The van der Waals surface area contributed by atoms with E-state index < -0.39 is 47.3 Å². The highest BCUT2D eigenvalue weighted by atomic mass is 32.2. The fourth-order valence-corrected chi connectivity index (χ4v) is 2.52. The average Bonchev–Trinajstić information content (AvgIpc) is 2.60. The van der Waals surface area contributed by atoms with Gasteiger partial charge in [0.2, 0.25) is 0 Å². The minimum Gasteiger partial charge on any atom is -0.440 e. The Balaban J connectivity index is 2.38. The molecule has 0 radical (unpaired) electrons. The summed E-state index contributed by atoms with van der Waals surface area (Å²) < 4.78 is 82.8. The summed E-state index contributed by atoms with van der Waals surface area (Å²) in [5.74, 6) is -1.47. The summed E-state index contributed by atoms with van der Waals surface area (Å²) >= 11 is 0.978. The number of ether oxygens (including phenoxy) is 1. The van der Waals surface area contributed by atoms with Crippen LogP contribution in [0.2, 0.25) is 0 Å². The maximum atomic E-state index is 12.9. The highest BCUT2D eigenvalue weighted by molar-refractivity contribution is 7.98. The lowest BCUT2D eigenvalue weighted by atomic mass is 10.0. The third kappa shape index (κ3) is 4.82. The van der Waals surface area contributed by atoms with Crippen molar-refractivity contribution in [2.24, 2.45) is 0 Å². The molecular formula is C15H11F6N3O3S. The molecule has 0 fully saturated rings. The highest BCUT2D eigenvalue weighted by Crippen LogP contribution is 2.36. The second-order valence-corrected chi connectivity index (χ2v) is 6.13. The molecular weight excluding hydrogens is 416 g/mol. The molecule has 0 bridgehead atoms. The molecule has 2 aromatic rings. The summed E-state index contributed by atoms with van der Waals surface area (Å²) in [7, 11) is 0. The Morgan fingerprint density at radius 1 is 1.07 bits per heavy atom. The van der Waals surface area contributed by atoms with Crippen LogP contribution in [0.1, 0.15) is 27.2 Å². The van der Waals surface area contributed by atoms with Gasteiger partial charge in [-0.15, -0.1) is 10.2 Å². The van der Waals surface area contributed by atoms with E-state index in [2.05, 4.69) is 10.2 Å². The minimum absolute atomic E-state index is 0.0349. The second kappa shape index (κ2) is 7.81. The fourth-order valence-electron chi connectivity index (χ4n) is 2.04. The summed E-state index contributed by atoms with van der Waals surface area (Å²) in [6.07, 6.45) is -8.67. The molecule has 1 heterocycles. The molecule has 0 N–H and O–H groups in total. The third-order valence-electron chi connectivity index (χ3n) is 3.40. The van der Waals surface area contributed by atoms with Crippen molar-refractivity contribution < 1.29 is 35.9 Å². The van der Waals surface area contributed by atoms with Crippen molar-refractivity contribution in [2.75, 3.05) is 6.26 Å². The number of thioether (sulfide) groups is 1. The summed E-state index contributed by atoms with van der Waals surface area (Å²) in [6.45, 7) is 0.571. The molecule has 13 heteroatoms. The Kier molecular flexibility index (Phi) is 6.06. The number of hydrogen-bond acceptors (Lipinski definition) is 6. The number of alkyl halides is 6. The zero-order chi connectivity index (χ0) is 21.3. The van der Waals surface area contributed by atoms with Gasteiger partial charge >= 0.3 is 18.3 Å². The summed E-state index contributed by atoms with van der Waals surface area (Å²) in [4.78, 5) is 24.1. The molecule has 2 rings (SSSR count). The van der Waals surface area contributed by atoms with Crippen LogP contribution in [0.25, 0.3) is 0 Å². The van der Waals surface area contributed by atoms with Gasteiger partial charge in [0.25, 0.3) is 5.56 Å². The van der Waals surface area contributed by atoms with Crippen LogP contribution >= 0.6 is 11.8 Å². The Labute approximate surface area is 157 Å². The van der Waals surface area contributed by atoms with Crippen LogP contribution in [0.15, 0.2) is 28.2 Å². The zero-order valence-corrected chi connectivity index (χ0v) is 15.0. The van der Waals surface area contributed by atoms with Gasteiger partial charge in [-0.25, -0.2) is 9.36 Å². The molecule has 28 heavy (non-hydrogen) atoms. The van der Waals surface area contributed by atoms with Gasteiger partial charge in [-0.05, 0) is 31.4 Å². The van der Waals surface area contributed by atoms with E-state index in [0.717, 1.165) is 16.3 Å². The zero-order valence-electron chi connectivity index (χ0n) is 14.2. The van der Waals surface area contributed by atoms with Gasteiger partial charge in [-0.1, -0.05) is 11.8 Å². The number of halogens is 6. The molecule has 1 aromatic heterocycles. The second-order valence-electron chi connectivity index (χ2n) is 5.36. The van der Waals surface area contributed by atoms with E-state index in [1.54, 1.807) is 6.26 Å². The monoisotopic (exact) mass is 427 g/mol. The number of rotatable bonds is 4. The van der Waals surface area contributed by atoms with Crippen molar-refractivity contribution in [3.05, 3.63) is 50.9 Å². The van der Waals surface area contributed by atoms with E-state index in [1.807, 2.05) is 0 Å². The number of esters is 1. The topological polar surface area (TPSA) is 74.1 Å². The Bertz CT molecular complexity index is 923. The molecule has 6 nitrogen and oxygen atoms in total. The van der Waals surface area contributed by atoms with Gasteiger partial charge < -0.3 is 4.74 Å². The SMILES string of the molecule is CSc1nnc(C)c(=O)n1COC(=O)c1cc(C(F)(F)F)cc(C(F)(F)F)c1. The molecule has 0 atom stereocenters. The number of carbonyl (C=O) groups excluding carboxylic acids is 1. The number of hydrogen-bond donors (Lipinski definition) is 0. The summed E-state index contributed by atoms with van der Waals surface area (Å²) in [6, 6.07) is 0.376. The first-order valence-electron chi connectivity index (χ1n) is 7.29. The van der Waals surface area contributed by atoms with Crippen LogP contribution in [0.3, 0.4) is 0 Å². The smallest absolute Gasteiger partial charge is 0.416 e. The van der Waals surface area contributed by atoms with Crippen molar-refractivity contribution >= 4 is 17.7 Å². The van der Waals surface area contributed by atoms with Gasteiger partial charge in [0.15, 0.2) is 11.9 Å². The van der Waals surface area contributed by atoms with Crippen LogP contribution in [-0.4, -0.2) is 27.0 Å². The first-order valence-corrected chi connectivity index (χ1v) is 8.51. The molecule has 0 spiro atoms. The van der Waals surface area contributed by atoms with Crippen molar-refractivity contribution in [3.8, 4) is 0 Å². The van der Waals surface area contributed by atoms with Gasteiger partial charge in [0.05, 0.1) is 16.7 Å². The van der Waals surface area contributed by atoms with Crippen LogP contribution in [0.4, 0.5) is 26.3 Å². The average molecular weight is 427 g/mol. The molecule has 152 valence electrons. The quantitative estimate of drug-likeness (QED) is 0.422. The van der Waals surface area contributed by atoms with E-state index in [9.17, 15) is 35.9 Å². The van der Waals surface area contributed by atoms with Gasteiger partial charge in [-0.2, -0.15) is 26.3 Å². The summed E-state index contributed by atoms with van der Waals surface area (Å²) in [5, 5.41) is 7.31. The molecule has 0 saturated heterocycles. The lowest BCUT2D eigenvalue weighted by Gasteiger charge is -2.14. The first kappa shape index (κ1) is 21.7. The number of benzene rings is 1. The number of nitrogens with zero attached hydrogens (tertiary/aromatic N) is 3. The minimum atomic E-state index is -5.11. The molecule has 0 aliphatic carbocycles. The first-order chi connectivity index (χ1) is 12.8. The fraction of sp³-hybridized carbons (Fsp3) is 0.333. The van der Waals surface area contributed by atoms with E-state index in [-0.39, 0.29) is 29.0 Å².